The lowest BCUT2D eigenvalue weighted by Crippen LogP contribution is -2.26. The Labute approximate surface area is 94.3 Å². The first-order chi connectivity index (χ1) is 7.19. The summed E-state index contributed by atoms with van der Waals surface area (Å²) in [5.74, 6) is -0.737. The summed E-state index contributed by atoms with van der Waals surface area (Å²) in [5, 5.41) is 18.8. The molecule has 4 heteroatoms. The Morgan fingerprint density at radius 2 is 2.00 bits per heavy atom. The molecular formula is C11H18O3S. The Morgan fingerprint density at radius 1 is 1.33 bits per heavy atom. The van der Waals surface area contributed by atoms with Crippen LogP contribution in [0.1, 0.15) is 38.5 Å². The molecule has 2 N–H and O–H groups in total. The minimum atomic E-state index is -0.725. The number of aliphatic hydroxyl groups excluding tert-OH is 1. The largest absolute Gasteiger partial charge is 0.480 e. The molecule has 0 radical (unpaired) electrons. The lowest BCUT2D eigenvalue weighted by molar-refractivity contribution is -0.137. The second-order valence-electron chi connectivity index (χ2n) is 4.66. The van der Waals surface area contributed by atoms with Gasteiger partial charge in [-0.3, -0.25) is 4.79 Å². The molecule has 0 bridgehead atoms. The number of carboxylic acids is 1. The first kappa shape index (κ1) is 11.3. The predicted molar refractivity (Wildman–Crippen MR) is 60.0 cm³/mol. The van der Waals surface area contributed by atoms with E-state index in [0.717, 1.165) is 12.8 Å². The summed E-state index contributed by atoms with van der Waals surface area (Å²) in [5.41, 5.74) is 0. The molecule has 0 aromatic carbocycles. The molecule has 3 nitrogen and oxygen atoms in total. The van der Waals surface area contributed by atoms with Crippen LogP contribution in [-0.4, -0.2) is 32.8 Å². The number of aliphatic hydroxyl groups is 1. The molecule has 2 fully saturated rings. The van der Waals surface area contributed by atoms with Crippen molar-refractivity contribution in [2.75, 3.05) is 6.61 Å². The van der Waals surface area contributed by atoms with Crippen LogP contribution in [0.5, 0.6) is 0 Å². The average Bonchev–Trinajstić information content (AvgIpc) is 2.94. The standard InChI is InChI=1S/C11H18O3S/c12-7-8-6-11(8,10(13)14)15-9-4-2-1-3-5-9/h8-9,12H,1-7H2,(H,13,14). The zero-order chi connectivity index (χ0) is 10.9. The van der Waals surface area contributed by atoms with Gasteiger partial charge in [0.05, 0.1) is 0 Å². The summed E-state index contributed by atoms with van der Waals surface area (Å²) in [7, 11) is 0. The summed E-state index contributed by atoms with van der Waals surface area (Å²) in [4.78, 5) is 11.2. The lowest BCUT2D eigenvalue weighted by Gasteiger charge is -2.24. The van der Waals surface area contributed by atoms with Gasteiger partial charge >= 0.3 is 5.97 Å². The average molecular weight is 230 g/mol. The van der Waals surface area contributed by atoms with E-state index >= 15 is 0 Å². The van der Waals surface area contributed by atoms with Gasteiger partial charge in [0.2, 0.25) is 0 Å². The Hall–Kier alpha value is -0.220. The van der Waals surface area contributed by atoms with Crippen molar-refractivity contribution >= 4 is 17.7 Å². The Bertz CT molecular complexity index is 250. The van der Waals surface area contributed by atoms with Crippen LogP contribution in [0.4, 0.5) is 0 Å². The SMILES string of the molecule is O=C(O)C1(SC2CCCCC2)CC1CO. The molecule has 2 rings (SSSR count). The lowest BCUT2D eigenvalue weighted by atomic mass is 10.0. The molecule has 0 aromatic rings. The van der Waals surface area contributed by atoms with Crippen LogP contribution < -0.4 is 0 Å². The first-order valence-electron chi connectivity index (χ1n) is 5.71. The van der Waals surface area contributed by atoms with Crippen LogP contribution in [-0.2, 0) is 4.79 Å². The van der Waals surface area contributed by atoms with Crippen molar-refractivity contribution in [1.82, 2.24) is 0 Å². The third kappa shape index (κ3) is 2.16. The minimum Gasteiger partial charge on any atom is -0.480 e. The molecule has 15 heavy (non-hydrogen) atoms. The van der Waals surface area contributed by atoms with Crippen LogP contribution in [0, 0.1) is 5.92 Å². The van der Waals surface area contributed by atoms with E-state index in [1.165, 1.54) is 19.3 Å². The fourth-order valence-corrected chi connectivity index (χ4v) is 4.29. The highest BCUT2D eigenvalue weighted by atomic mass is 32.2. The Morgan fingerprint density at radius 3 is 2.47 bits per heavy atom. The Kier molecular flexibility index (Phi) is 3.26. The monoisotopic (exact) mass is 230 g/mol. The van der Waals surface area contributed by atoms with Crippen molar-refractivity contribution in [3.8, 4) is 0 Å². The molecule has 2 aliphatic rings. The van der Waals surface area contributed by atoms with Crippen molar-refractivity contribution in [2.24, 2.45) is 5.92 Å². The van der Waals surface area contributed by atoms with Crippen molar-refractivity contribution in [1.29, 1.82) is 0 Å². The molecule has 0 amide bonds. The van der Waals surface area contributed by atoms with E-state index in [9.17, 15) is 9.90 Å². The molecule has 0 saturated heterocycles. The van der Waals surface area contributed by atoms with Gasteiger partial charge in [-0.15, -0.1) is 11.8 Å². The van der Waals surface area contributed by atoms with Crippen LogP contribution in [0.2, 0.25) is 0 Å². The third-order valence-corrected chi connectivity index (χ3v) is 5.46. The summed E-state index contributed by atoms with van der Waals surface area (Å²) >= 11 is 1.62. The summed E-state index contributed by atoms with van der Waals surface area (Å²) in [6.07, 6.45) is 6.71. The number of thioether (sulfide) groups is 1. The normalized spacial score (nSPS) is 36.5. The van der Waals surface area contributed by atoms with Crippen molar-refractivity contribution < 1.29 is 15.0 Å². The van der Waals surface area contributed by atoms with Gasteiger partial charge in [0.1, 0.15) is 4.75 Å². The van der Waals surface area contributed by atoms with Crippen LogP contribution >= 0.6 is 11.8 Å². The van der Waals surface area contributed by atoms with Crippen molar-refractivity contribution in [3.63, 3.8) is 0 Å². The fraction of sp³-hybridized carbons (Fsp3) is 0.909. The van der Waals surface area contributed by atoms with Crippen molar-refractivity contribution in [2.45, 2.75) is 48.5 Å². The number of rotatable bonds is 4. The third-order valence-electron chi connectivity index (χ3n) is 3.56. The van der Waals surface area contributed by atoms with Crippen LogP contribution in [0.15, 0.2) is 0 Å². The van der Waals surface area contributed by atoms with Crippen LogP contribution in [0.3, 0.4) is 0 Å². The summed E-state index contributed by atoms with van der Waals surface area (Å²) < 4.78 is -0.642. The van der Waals surface area contributed by atoms with Gasteiger partial charge in [-0.05, 0) is 19.3 Å². The highest BCUT2D eigenvalue weighted by Crippen LogP contribution is 2.57. The van der Waals surface area contributed by atoms with E-state index in [-0.39, 0.29) is 12.5 Å². The smallest absolute Gasteiger partial charge is 0.320 e. The molecule has 86 valence electrons. The van der Waals surface area contributed by atoms with Gasteiger partial charge < -0.3 is 10.2 Å². The molecule has 2 unspecified atom stereocenters. The minimum absolute atomic E-state index is 0.0121. The van der Waals surface area contributed by atoms with Gasteiger partial charge in [-0.25, -0.2) is 0 Å². The highest BCUT2D eigenvalue weighted by molar-refractivity contribution is 8.02. The quantitative estimate of drug-likeness (QED) is 0.774. The second kappa shape index (κ2) is 4.34. The fourth-order valence-electron chi connectivity index (χ4n) is 2.46. The van der Waals surface area contributed by atoms with E-state index in [1.807, 2.05) is 0 Å². The molecule has 0 heterocycles. The summed E-state index contributed by atoms with van der Waals surface area (Å²) in [6, 6.07) is 0. The Balaban J connectivity index is 1.93. The maximum Gasteiger partial charge on any atom is 0.320 e. The molecule has 2 atom stereocenters. The number of aliphatic carboxylic acids is 1. The molecule has 2 aliphatic carbocycles. The first-order valence-corrected chi connectivity index (χ1v) is 6.59. The topological polar surface area (TPSA) is 57.5 Å². The van der Waals surface area contributed by atoms with Gasteiger partial charge in [0.25, 0.3) is 0 Å². The van der Waals surface area contributed by atoms with Crippen molar-refractivity contribution in [3.05, 3.63) is 0 Å². The van der Waals surface area contributed by atoms with E-state index in [4.69, 9.17) is 5.11 Å². The zero-order valence-electron chi connectivity index (χ0n) is 8.82. The van der Waals surface area contributed by atoms with Gasteiger partial charge in [-0.1, -0.05) is 19.3 Å². The molecule has 0 aliphatic heterocycles. The van der Waals surface area contributed by atoms with E-state index in [1.54, 1.807) is 11.8 Å². The van der Waals surface area contributed by atoms with Gasteiger partial charge in [0, 0.05) is 17.8 Å². The number of hydrogen-bond acceptors (Lipinski definition) is 3. The molecule has 0 aromatic heterocycles. The molecular weight excluding hydrogens is 212 g/mol. The highest BCUT2D eigenvalue weighted by Gasteiger charge is 2.61. The van der Waals surface area contributed by atoms with E-state index < -0.39 is 10.7 Å². The van der Waals surface area contributed by atoms with E-state index in [0.29, 0.717) is 11.7 Å². The zero-order valence-corrected chi connectivity index (χ0v) is 9.63. The predicted octanol–water partition coefficient (Wildman–Crippen LogP) is 1.89. The number of hydrogen-bond donors (Lipinski definition) is 2. The van der Waals surface area contributed by atoms with Crippen LogP contribution in [0.25, 0.3) is 0 Å². The number of carbonyl (C=O) groups is 1. The molecule has 2 saturated carbocycles. The number of carboxylic acid groups (broad SMARTS) is 1. The maximum atomic E-state index is 11.2. The van der Waals surface area contributed by atoms with Gasteiger partial charge in [0.15, 0.2) is 0 Å². The second-order valence-corrected chi connectivity index (χ2v) is 6.29. The maximum absolute atomic E-state index is 11.2. The van der Waals surface area contributed by atoms with Gasteiger partial charge in [-0.2, -0.15) is 0 Å². The summed E-state index contributed by atoms with van der Waals surface area (Å²) in [6.45, 7) is 0.0199. The molecule has 0 spiro atoms. The van der Waals surface area contributed by atoms with E-state index in [2.05, 4.69) is 0 Å².